The van der Waals surface area contributed by atoms with Crippen molar-refractivity contribution in [2.24, 2.45) is 0 Å². The van der Waals surface area contributed by atoms with Crippen LogP contribution in [0.3, 0.4) is 0 Å². The van der Waals surface area contributed by atoms with Gasteiger partial charge < -0.3 is 9.80 Å². The number of nitrogens with zero attached hydrogens (tertiary/aromatic N) is 2. The van der Waals surface area contributed by atoms with Gasteiger partial charge in [-0.2, -0.15) is 0 Å². The number of hydrogen-bond donors (Lipinski definition) is 0. The van der Waals surface area contributed by atoms with Crippen molar-refractivity contribution in [3.63, 3.8) is 0 Å². The molecule has 0 N–H and O–H groups in total. The standard InChI is InChI=1S/C15H19BrN2O2/c1-10-9-11(6-7-12(10)16)14(19)18-8-4-5-13(18)15(20)17(2)3/h6-7,9,13H,4-5,8H2,1-3H3. The van der Waals surface area contributed by atoms with E-state index in [9.17, 15) is 9.59 Å². The van der Waals surface area contributed by atoms with Crippen LogP contribution in [-0.2, 0) is 4.79 Å². The molecule has 108 valence electrons. The molecule has 0 bridgehead atoms. The van der Waals surface area contributed by atoms with Gasteiger partial charge in [0, 0.05) is 30.7 Å². The number of halogens is 1. The molecule has 0 saturated carbocycles. The Labute approximate surface area is 127 Å². The lowest BCUT2D eigenvalue weighted by Gasteiger charge is -2.26. The summed E-state index contributed by atoms with van der Waals surface area (Å²) < 4.78 is 0.983. The molecule has 20 heavy (non-hydrogen) atoms. The first-order valence-corrected chi connectivity index (χ1v) is 7.49. The molecule has 1 unspecified atom stereocenters. The lowest BCUT2D eigenvalue weighted by atomic mass is 10.1. The van der Waals surface area contributed by atoms with E-state index in [1.807, 2.05) is 19.1 Å². The molecule has 1 atom stereocenters. The van der Waals surface area contributed by atoms with E-state index in [4.69, 9.17) is 0 Å². The van der Waals surface area contributed by atoms with Gasteiger partial charge in [0.2, 0.25) is 5.91 Å². The van der Waals surface area contributed by atoms with Crippen LogP contribution >= 0.6 is 15.9 Å². The average molecular weight is 339 g/mol. The number of aryl methyl sites for hydroxylation is 1. The number of rotatable bonds is 2. The van der Waals surface area contributed by atoms with E-state index < -0.39 is 0 Å². The Morgan fingerprint density at radius 2 is 2.05 bits per heavy atom. The quantitative estimate of drug-likeness (QED) is 0.830. The van der Waals surface area contributed by atoms with Gasteiger partial charge in [-0.15, -0.1) is 0 Å². The molecule has 1 aliphatic rings. The highest BCUT2D eigenvalue weighted by atomic mass is 79.9. The molecule has 1 aromatic carbocycles. The third-order valence-electron chi connectivity index (χ3n) is 3.64. The molecule has 1 aliphatic heterocycles. The highest BCUT2D eigenvalue weighted by Crippen LogP contribution is 2.23. The summed E-state index contributed by atoms with van der Waals surface area (Å²) in [6.45, 7) is 2.60. The van der Waals surface area contributed by atoms with Crippen LogP contribution in [0.2, 0.25) is 0 Å². The molecule has 0 spiro atoms. The maximum atomic E-state index is 12.6. The summed E-state index contributed by atoms with van der Waals surface area (Å²) in [5.41, 5.74) is 1.66. The molecule has 1 fully saturated rings. The minimum absolute atomic E-state index is 0.00434. The Kier molecular flexibility index (Phi) is 4.48. The number of carbonyl (C=O) groups is 2. The van der Waals surface area contributed by atoms with E-state index in [2.05, 4.69) is 15.9 Å². The Morgan fingerprint density at radius 3 is 2.65 bits per heavy atom. The van der Waals surface area contributed by atoms with E-state index in [1.54, 1.807) is 30.0 Å². The highest BCUT2D eigenvalue weighted by molar-refractivity contribution is 9.10. The van der Waals surface area contributed by atoms with Crippen molar-refractivity contribution in [2.75, 3.05) is 20.6 Å². The lowest BCUT2D eigenvalue weighted by Crippen LogP contribution is -2.45. The van der Waals surface area contributed by atoms with Crippen LogP contribution < -0.4 is 0 Å². The molecule has 0 aliphatic carbocycles. The predicted molar refractivity (Wildman–Crippen MR) is 81.6 cm³/mol. The molecular weight excluding hydrogens is 320 g/mol. The van der Waals surface area contributed by atoms with E-state index >= 15 is 0 Å². The van der Waals surface area contributed by atoms with Crippen molar-refractivity contribution in [3.05, 3.63) is 33.8 Å². The summed E-state index contributed by atoms with van der Waals surface area (Å²) in [6.07, 6.45) is 1.63. The number of likely N-dealkylation sites (N-methyl/N-ethyl adjacent to an activating group) is 1. The first kappa shape index (κ1) is 15.0. The zero-order valence-corrected chi connectivity index (χ0v) is 13.6. The van der Waals surface area contributed by atoms with Crippen LogP contribution in [0.1, 0.15) is 28.8 Å². The van der Waals surface area contributed by atoms with Gasteiger partial charge in [-0.25, -0.2) is 0 Å². The monoisotopic (exact) mass is 338 g/mol. The first-order valence-electron chi connectivity index (χ1n) is 6.70. The fourth-order valence-corrected chi connectivity index (χ4v) is 2.75. The maximum Gasteiger partial charge on any atom is 0.254 e. The average Bonchev–Trinajstić information content (AvgIpc) is 2.89. The van der Waals surface area contributed by atoms with Gasteiger partial charge in [0.15, 0.2) is 0 Å². The van der Waals surface area contributed by atoms with Crippen LogP contribution in [0, 0.1) is 6.92 Å². The molecule has 4 nitrogen and oxygen atoms in total. The molecule has 2 rings (SSSR count). The molecule has 0 aromatic heterocycles. The number of carbonyl (C=O) groups excluding carboxylic acids is 2. The minimum Gasteiger partial charge on any atom is -0.347 e. The van der Waals surface area contributed by atoms with Crippen molar-refractivity contribution < 1.29 is 9.59 Å². The van der Waals surface area contributed by atoms with Gasteiger partial charge in [-0.1, -0.05) is 15.9 Å². The summed E-state index contributed by atoms with van der Waals surface area (Å²) in [5.74, 6) is -0.0528. The minimum atomic E-state index is -0.318. The van der Waals surface area contributed by atoms with Crippen molar-refractivity contribution in [3.8, 4) is 0 Å². The first-order chi connectivity index (χ1) is 9.41. The number of likely N-dealkylation sites (tertiary alicyclic amines) is 1. The van der Waals surface area contributed by atoms with Gasteiger partial charge in [-0.3, -0.25) is 9.59 Å². The van der Waals surface area contributed by atoms with Gasteiger partial charge in [0.05, 0.1) is 0 Å². The van der Waals surface area contributed by atoms with Crippen molar-refractivity contribution in [1.29, 1.82) is 0 Å². The summed E-state index contributed by atoms with van der Waals surface area (Å²) in [7, 11) is 3.46. The zero-order chi connectivity index (χ0) is 14.9. The fourth-order valence-electron chi connectivity index (χ4n) is 2.51. The largest absolute Gasteiger partial charge is 0.347 e. The van der Waals surface area contributed by atoms with Crippen molar-refractivity contribution in [2.45, 2.75) is 25.8 Å². The smallest absolute Gasteiger partial charge is 0.254 e. The van der Waals surface area contributed by atoms with Crippen LogP contribution in [0.5, 0.6) is 0 Å². The second-order valence-electron chi connectivity index (χ2n) is 5.35. The normalized spacial score (nSPS) is 18.2. The SMILES string of the molecule is Cc1cc(C(=O)N2CCCC2C(=O)N(C)C)ccc1Br. The van der Waals surface area contributed by atoms with Gasteiger partial charge in [0.1, 0.15) is 6.04 Å². The summed E-state index contributed by atoms with van der Waals surface area (Å²) in [5, 5.41) is 0. The van der Waals surface area contributed by atoms with E-state index in [1.165, 1.54) is 0 Å². The van der Waals surface area contributed by atoms with E-state index in [0.717, 1.165) is 22.9 Å². The molecule has 1 heterocycles. The lowest BCUT2D eigenvalue weighted by molar-refractivity contribution is -0.132. The second kappa shape index (κ2) is 5.95. The Hall–Kier alpha value is -1.36. The zero-order valence-electron chi connectivity index (χ0n) is 12.0. The number of benzene rings is 1. The molecule has 0 radical (unpaired) electrons. The predicted octanol–water partition coefficient (Wildman–Crippen LogP) is 2.45. The van der Waals surface area contributed by atoms with Crippen molar-refractivity contribution >= 4 is 27.7 Å². The van der Waals surface area contributed by atoms with Gasteiger partial charge in [-0.05, 0) is 43.5 Å². The Balaban J connectivity index is 2.23. The summed E-state index contributed by atoms with van der Waals surface area (Å²) in [4.78, 5) is 28.0. The van der Waals surface area contributed by atoms with Gasteiger partial charge in [0.25, 0.3) is 5.91 Å². The number of hydrogen-bond acceptors (Lipinski definition) is 2. The fraction of sp³-hybridized carbons (Fsp3) is 0.467. The molecule has 1 saturated heterocycles. The highest BCUT2D eigenvalue weighted by Gasteiger charge is 2.35. The van der Waals surface area contributed by atoms with Crippen LogP contribution in [0.15, 0.2) is 22.7 Å². The molecular formula is C15H19BrN2O2. The summed E-state index contributed by atoms with van der Waals surface area (Å²) >= 11 is 3.43. The van der Waals surface area contributed by atoms with E-state index in [-0.39, 0.29) is 17.9 Å². The molecule has 5 heteroatoms. The Morgan fingerprint density at radius 1 is 1.35 bits per heavy atom. The maximum absolute atomic E-state index is 12.6. The van der Waals surface area contributed by atoms with Crippen LogP contribution in [-0.4, -0.2) is 48.3 Å². The van der Waals surface area contributed by atoms with Crippen molar-refractivity contribution in [1.82, 2.24) is 9.80 Å². The van der Waals surface area contributed by atoms with Crippen LogP contribution in [0.4, 0.5) is 0 Å². The topological polar surface area (TPSA) is 40.6 Å². The second-order valence-corrected chi connectivity index (χ2v) is 6.21. The summed E-state index contributed by atoms with van der Waals surface area (Å²) in [6, 6.07) is 5.22. The third-order valence-corrected chi connectivity index (χ3v) is 4.53. The third kappa shape index (κ3) is 2.87. The van der Waals surface area contributed by atoms with Crippen LogP contribution in [0.25, 0.3) is 0 Å². The number of amides is 2. The van der Waals surface area contributed by atoms with E-state index in [0.29, 0.717) is 12.1 Å². The molecule has 2 amide bonds. The Bertz CT molecular complexity index is 543. The van der Waals surface area contributed by atoms with Gasteiger partial charge >= 0.3 is 0 Å². The molecule has 1 aromatic rings.